The third-order valence-corrected chi connectivity index (χ3v) is 3.66. The fourth-order valence-corrected chi connectivity index (χ4v) is 2.91. The van der Waals surface area contributed by atoms with Crippen LogP contribution in [0.15, 0.2) is 35.7 Å². The maximum absolute atomic E-state index is 12.1. The first-order chi connectivity index (χ1) is 7.25. The molecule has 2 aliphatic heterocycles. The van der Waals surface area contributed by atoms with E-state index in [4.69, 9.17) is 0 Å². The summed E-state index contributed by atoms with van der Waals surface area (Å²) in [5.74, 6) is 0.0977. The summed E-state index contributed by atoms with van der Waals surface area (Å²) in [5.41, 5.74) is 1.70. The van der Waals surface area contributed by atoms with Crippen molar-refractivity contribution in [2.45, 2.75) is 5.50 Å². The van der Waals surface area contributed by atoms with Crippen molar-refractivity contribution < 1.29 is 4.79 Å². The van der Waals surface area contributed by atoms with E-state index in [0.29, 0.717) is 6.54 Å². The first-order valence-electron chi connectivity index (χ1n) is 4.77. The molecule has 1 fully saturated rings. The summed E-state index contributed by atoms with van der Waals surface area (Å²) in [5, 5.41) is 3.33. The van der Waals surface area contributed by atoms with Crippen LogP contribution in [-0.4, -0.2) is 22.8 Å². The van der Waals surface area contributed by atoms with Crippen LogP contribution in [0.4, 0.5) is 5.69 Å². The Labute approximate surface area is 92.1 Å². The zero-order valence-corrected chi connectivity index (χ0v) is 8.88. The minimum atomic E-state index is 0.0277. The smallest absolute Gasteiger partial charge is 0.258 e. The van der Waals surface area contributed by atoms with Crippen LogP contribution in [0.5, 0.6) is 0 Å². The molecular formula is C11H10N2OS. The third kappa shape index (κ3) is 1.25. The summed E-state index contributed by atoms with van der Waals surface area (Å²) in [6.07, 6.45) is 0. The number of thioether (sulfide) groups is 1. The summed E-state index contributed by atoms with van der Waals surface area (Å²) in [6, 6.07) is 7.61. The second kappa shape index (κ2) is 3.03. The van der Waals surface area contributed by atoms with Crippen molar-refractivity contribution in [3.63, 3.8) is 0 Å². The molecule has 1 amide bonds. The van der Waals surface area contributed by atoms with Crippen LogP contribution in [-0.2, 0) is 0 Å². The summed E-state index contributed by atoms with van der Waals surface area (Å²) < 4.78 is 0. The van der Waals surface area contributed by atoms with Crippen LogP contribution in [0.2, 0.25) is 0 Å². The summed E-state index contributed by atoms with van der Waals surface area (Å²) >= 11 is 1.62. The van der Waals surface area contributed by atoms with Crippen molar-refractivity contribution >= 4 is 23.4 Å². The topological polar surface area (TPSA) is 32.3 Å². The quantitative estimate of drug-likeness (QED) is 0.723. The van der Waals surface area contributed by atoms with Crippen molar-refractivity contribution in [3.8, 4) is 0 Å². The summed E-state index contributed by atoms with van der Waals surface area (Å²) in [7, 11) is 0. The summed E-state index contributed by atoms with van der Waals surface area (Å²) in [6.45, 7) is 4.55. The second-order valence-electron chi connectivity index (χ2n) is 3.63. The molecule has 1 saturated heterocycles. The standard InChI is InChI=1S/C11H10N2OS/c1-7-6-13-10(14)8-4-2-3-5-9(8)12-11(13)15-7/h2-5,11-12H,1,6H2. The molecule has 2 aliphatic rings. The Hall–Kier alpha value is -1.42. The molecule has 1 aromatic rings. The monoisotopic (exact) mass is 218 g/mol. The van der Waals surface area contributed by atoms with E-state index in [1.165, 1.54) is 0 Å². The van der Waals surface area contributed by atoms with Gasteiger partial charge in [-0.15, -0.1) is 0 Å². The van der Waals surface area contributed by atoms with Crippen molar-refractivity contribution in [1.29, 1.82) is 0 Å². The highest BCUT2D eigenvalue weighted by Crippen LogP contribution is 2.38. The normalized spacial score (nSPS) is 23.5. The Kier molecular flexibility index (Phi) is 1.79. The molecule has 3 nitrogen and oxygen atoms in total. The number of rotatable bonds is 0. The zero-order chi connectivity index (χ0) is 10.4. The minimum Gasteiger partial charge on any atom is -0.356 e. The first kappa shape index (κ1) is 8.85. The van der Waals surface area contributed by atoms with Crippen molar-refractivity contribution in [2.24, 2.45) is 0 Å². The lowest BCUT2D eigenvalue weighted by Gasteiger charge is -2.31. The molecule has 0 bridgehead atoms. The van der Waals surface area contributed by atoms with Crippen LogP contribution >= 0.6 is 11.8 Å². The lowest BCUT2D eigenvalue weighted by atomic mass is 10.1. The average Bonchev–Trinajstić information content (AvgIpc) is 2.59. The predicted octanol–water partition coefficient (Wildman–Crippen LogP) is 2.10. The Bertz CT molecular complexity index is 458. The Balaban J connectivity index is 2.06. The van der Waals surface area contributed by atoms with Crippen LogP contribution in [0, 0.1) is 0 Å². The molecular weight excluding hydrogens is 208 g/mol. The lowest BCUT2D eigenvalue weighted by Crippen LogP contribution is -2.43. The third-order valence-electron chi connectivity index (χ3n) is 2.61. The first-order valence-corrected chi connectivity index (χ1v) is 5.64. The van der Waals surface area contributed by atoms with E-state index in [-0.39, 0.29) is 11.4 Å². The average molecular weight is 218 g/mol. The highest BCUT2D eigenvalue weighted by Gasteiger charge is 2.37. The van der Waals surface area contributed by atoms with E-state index in [0.717, 1.165) is 16.2 Å². The molecule has 2 heterocycles. The van der Waals surface area contributed by atoms with Gasteiger partial charge in [-0.25, -0.2) is 0 Å². The largest absolute Gasteiger partial charge is 0.356 e. The van der Waals surface area contributed by atoms with Crippen molar-refractivity contribution in [1.82, 2.24) is 4.90 Å². The summed E-state index contributed by atoms with van der Waals surface area (Å²) in [4.78, 5) is 14.9. The SMILES string of the molecule is C=C1CN2C(=O)c3ccccc3NC2S1. The molecule has 0 spiro atoms. The van der Waals surface area contributed by atoms with E-state index < -0.39 is 0 Å². The predicted molar refractivity (Wildman–Crippen MR) is 61.6 cm³/mol. The molecule has 0 aromatic heterocycles. The van der Waals surface area contributed by atoms with Crippen LogP contribution in [0.25, 0.3) is 0 Å². The van der Waals surface area contributed by atoms with Crippen LogP contribution in [0.1, 0.15) is 10.4 Å². The van der Waals surface area contributed by atoms with E-state index >= 15 is 0 Å². The number of para-hydroxylation sites is 1. The number of hydrogen-bond acceptors (Lipinski definition) is 3. The molecule has 0 radical (unpaired) electrons. The Morgan fingerprint density at radius 1 is 1.47 bits per heavy atom. The Morgan fingerprint density at radius 3 is 3.13 bits per heavy atom. The number of benzene rings is 1. The molecule has 15 heavy (non-hydrogen) atoms. The maximum Gasteiger partial charge on any atom is 0.258 e. The molecule has 76 valence electrons. The van der Waals surface area contributed by atoms with Gasteiger partial charge in [-0.05, 0) is 12.1 Å². The van der Waals surface area contributed by atoms with Gasteiger partial charge in [-0.1, -0.05) is 30.5 Å². The van der Waals surface area contributed by atoms with Gasteiger partial charge in [0.2, 0.25) is 0 Å². The van der Waals surface area contributed by atoms with E-state index in [1.807, 2.05) is 29.2 Å². The van der Waals surface area contributed by atoms with Gasteiger partial charge in [-0.3, -0.25) is 4.79 Å². The highest BCUT2D eigenvalue weighted by molar-refractivity contribution is 8.04. The van der Waals surface area contributed by atoms with Gasteiger partial charge in [0.1, 0.15) is 0 Å². The molecule has 1 N–H and O–H groups in total. The number of amides is 1. The van der Waals surface area contributed by atoms with E-state index in [1.54, 1.807) is 11.8 Å². The minimum absolute atomic E-state index is 0.0277. The maximum atomic E-state index is 12.1. The van der Waals surface area contributed by atoms with Crippen molar-refractivity contribution in [3.05, 3.63) is 41.3 Å². The molecule has 3 rings (SSSR count). The van der Waals surface area contributed by atoms with Gasteiger partial charge in [0.25, 0.3) is 5.91 Å². The van der Waals surface area contributed by atoms with Crippen LogP contribution < -0.4 is 5.32 Å². The number of carbonyl (C=O) groups is 1. The highest BCUT2D eigenvalue weighted by atomic mass is 32.2. The Morgan fingerprint density at radius 2 is 2.27 bits per heavy atom. The molecule has 0 aliphatic carbocycles. The van der Waals surface area contributed by atoms with Gasteiger partial charge >= 0.3 is 0 Å². The fraction of sp³-hybridized carbons (Fsp3) is 0.182. The lowest BCUT2D eigenvalue weighted by molar-refractivity contribution is 0.0767. The van der Waals surface area contributed by atoms with Gasteiger partial charge in [0, 0.05) is 10.6 Å². The molecule has 0 saturated carbocycles. The number of nitrogens with zero attached hydrogens (tertiary/aromatic N) is 1. The molecule has 4 heteroatoms. The number of nitrogens with one attached hydrogen (secondary N) is 1. The van der Waals surface area contributed by atoms with Gasteiger partial charge in [0.15, 0.2) is 5.50 Å². The molecule has 1 atom stereocenters. The van der Waals surface area contributed by atoms with Crippen molar-refractivity contribution in [2.75, 3.05) is 11.9 Å². The van der Waals surface area contributed by atoms with Gasteiger partial charge in [-0.2, -0.15) is 0 Å². The van der Waals surface area contributed by atoms with E-state index in [2.05, 4.69) is 11.9 Å². The second-order valence-corrected chi connectivity index (χ2v) is 4.89. The van der Waals surface area contributed by atoms with Crippen LogP contribution in [0.3, 0.4) is 0 Å². The molecule has 1 unspecified atom stereocenters. The number of fused-ring (bicyclic) bond motifs is 2. The number of hydrogen-bond donors (Lipinski definition) is 1. The number of carbonyl (C=O) groups excluding carboxylic acids is 1. The van der Waals surface area contributed by atoms with Gasteiger partial charge in [0.05, 0.1) is 12.1 Å². The fourth-order valence-electron chi connectivity index (χ4n) is 1.90. The zero-order valence-electron chi connectivity index (χ0n) is 8.06. The van der Waals surface area contributed by atoms with Gasteiger partial charge < -0.3 is 10.2 Å². The van der Waals surface area contributed by atoms with E-state index in [9.17, 15) is 4.79 Å². The molecule has 1 aromatic carbocycles. The number of anilines is 1.